The van der Waals surface area contributed by atoms with Gasteiger partial charge in [0.05, 0.1) is 4.90 Å². The zero-order valence-corrected chi connectivity index (χ0v) is 14.1. The Morgan fingerprint density at radius 2 is 1.76 bits per heavy atom. The van der Waals surface area contributed by atoms with Crippen LogP contribution in [0.3, 0.4) is 0 Å². The average Bonchev–Trinajstić information content (AvgIpc) is 2.44. The van der Waals surface area contributed by atoms with E-state index in [4.69, 9.17) is 0 Å². The molecule has 0 heterocycles. The lowest BCUT2D eigenvalue weighted by molar-refractivity contribution is 0.463. The quantitative estimate of drug-likeness (QED) is 0.899. The molecule has 2 aromatic carbocycles. The fraction of sp³-hybridized carbons (Fsp3) is 0.200. The first-order valence-corrected chi connectivity index (χ1v) is 8.54. The third-order valence-corrected chi connectivity index (χ3v) is 5.87. The van der Waals surface area contributed by atoms with Crippen molar-refractivity contribution in [2.75, 3.05) is 7.05 Å². The van der Waals surface area contributed by atoms with Gasteiger partial charge in [0.1, 0.15) is 5.75 Å². The normalized spacial score (nSPS) is 11.8. The van der Waals surface area contributed by atoms with Crippen molar-refractivity contribution < 1.29 is 13.5 Å². The van der Waals surface area contributed by atoms with Crippen LogP contribution in [0.5, 0.6) is 5.75 Å². The maximum Gasteiger partial charge on any atom is 0.243 e. The molecule has 0 saturated heterocycles. The molecule has 0 saturated carbocycles. The van der Waals surface area contributed by atoms with Crippen LogP contribution in [0.1, 0.15) is 11.1 Å². The molecule has 0 atom stereocenters. The Kier molecular flexibility index (Phi) is 4.70. The summed E-state index contributed by atoms with van der Waals surface area (Å²) in [5, 5.41) is 9.25. The van der Waals surface area contributed by atoms with Crippen molar-refractivity contribution in [2.24, 2.45) is 0 Å². The van der Waals surface area contributed by atoms with Crippen molar-refractivity contribution in [3.63, 3.8) is 0 Å². The van der Waals surface area contributed by atoms with E-state index >= 15 is 0 Å². The van der Waals surface area contributed by atoms with Crippen molar-refractivity contribution >= 4 is 26.0 Å². The molecule has 0 bridgehead atoms. The second-order valence-electron chi connectivity index (χ2n) is 4.84. The van der Waals surface area contributed by atoms with E-state index < -0.39 is 10.0 Å². The molecule has 0 aliphatic heterocycles. The third-order valence-electron chi connectivity index (χ3n) is 3.18. The van der Waals surface area contributed by atoms with E-state index in [1.807, 2.05) is 6.92 Å². The van der Waals surface area contributed by atoms with Gasteiger partial charge in [-0.1, -0.05) is 28.1 Å². The summed E-state index contributed by atoms with van der Waals surface area (Å²) >= 11 is 3.36. The van der Waals surface area contributed by atoms with Gasteiger partial charge in [-0.3, -0.25) is 0 Å². The zero-order valence-electron chi connectivity index (χ0n) is 11.7. The lowest BCUT2D eigenvalue weighted by Crippen LogP contribution is -2.26. The molecule has 0 unspecified atom stereocenters. The van der Waals surface area contributed by atoms with Crippen molar-refractivity contribution in [2.45, 2.75) is 18.4 Å². The highest BCUT2D eigenvalue weighted by Crippen LogP contribution is 2.23. The first-order chi connectivity index (χ1) is 9.80. The minimum atomic E-state index is -3.54. The molecule has 0 radical (unpaired) electrons. The van der Waals surface area contributed by atoms with E-state index in [0.29, 0.717) is 0 Å². The van der Waals surface area contributed by atoms with E-state index in [0.717, 1.165) is 15.6 Å². The monoisotopic (exact) mass is 369 g/mol. The number of hydrogen-bond acceptors (Lipinski definition) is 3. The number of phenolic OH excluding ortho intramolecular Hbond substituents is 1. The van der Waals surface area contributed by atoms with Gasteiger partial charge in [0.15, 0.2) is 0 Å². The van der Waals surface area contributed by atoms with Gasteiger partial charge in [0.2, 0.25) is 10.0 Å². The van der Waals surface area contributed by atoms with Gasteiger partial charge in [0.25, 0.3) is 0 Å². The van der Waals surface area contributed by atoms with E-state index in [1.165, 1.54) is 4.31 Å². The summed E-state index contributed by atoms with van der Waals surface area (Å²) in [6.07, 6.45) is 0. The summed E-state index contributed by atoms with van der Waals surface area (Å²) in [5.74, 6) is 0.160. The van der Waals surface area contributed by atoms with Gasteiger partial charge < -0.3 is 5.11 Å². The molecule has 0 spiro atoms. The van der Waals surface area contributed by atoms with Gasteiger partial charge in [-0.2, -0.15) is 4.31 Å². The first-order valence-electron chi connectivity index (χ1n) is 6.31. The number of rotatable bonds is 4. The average molecular weight is 370 g/mol. The summed E-state index contributed by atoms with van der Waals surface area (Å²) in [6, 6.07) is 11.4. The van der Waals surface area contributed by atoms with Crippen molar-refractivity contribution in [3.05, 3.63) is 58.1 Å². The fourth-order valence-corrected chi connectivity index (χ4v) is 3.39. The molecule has 21 heavy (non-hydrogen) atoms. The summed E-state index contributed by atoms with van der Waals surface area (Å²) in [6.45, 7) is 2.10. The number of benzene rings is 2. The number of sulfonamides is 1. The molecule has 6 heteroatoms. The van der Waals surface area contributed by atoms with Crippen LogP contribution >= 0.6 is 15.9 Å². The van der Waals surface area contributed by atoms with E-state index in [2.05, 4.69) is 15.9 Å². The van der Waals surface area contributed by atoms with Gasteiger partial charge in [-0.15, -0.1) is 0 Å². The Morgan fingerprint density at radius 3 is 2.33 bits per heavy atom. The zero-order chi connectivity index (χ0) is 15.6. The predicted molar refractivity (Wildman–Crippen MR) is 85.6 cm³/mol. The number of halogens is 1. The van der Waals surface area contributed by atoms with E-state index in [9.17, 15) is 13.5 Å². The molecule has 2 rings (SSSR count). The largest absolute Gasteiger partial charge is 0.508 e. The number of hydrogen-bond donors (Lipinski definition) is 1. The summed E-state index contributed by atoms with van der Waals surface area (Å²) < 4.78 is 27.2. The lowest BCUT2D eigenvalue weighted by Gasteiger charge is -2.18. The third kappa shape index (κ3) is 3.64. The van der Waals surface area contributed by atoms with Gasteiger partial charge in [-0.25, -0.2) is 8.42 Å². The maximum atomic E-state index is 12.5. The first kappa shape index (κ1) is 16.0. The van der Waals surface area contributed by atoms with Crippen LogP contribution in [0.25, 0.3) is 0 Å². The molecule has 2 aromatic rings. The molecular weight excluding hydrogens is 354 g/mol. The molecule has 0 fully saturated rings. The van der Waals surface area contributed by atoms with Crippen molar-refractivity contribution in [1.29, 1.82) is 0 Å². The predicted octanol–water partition coefficient (Wildman–Crippen LogP) is 3.28. The van der Waals surface area contributed by atoms with Gasteiger partial charge >= 0.3 is 0 Å². The Morgan fingerprint density at radius 1 is 1.14 bits per heavy atom. The van der Waals surface area contributed by atoms with Crippen LogP contribution in [0, 0.1) is 6.92 Å². The van der Waals surface area contributed by atoms with Crippen LogP contribution in [0.2, 0.25) is 0 Å². The number of aromatic hydroxyl groups is 1. The second-order valence-corrected chi connectivity index (χ2v) is 7.74. The Bertz CT molecular complexity index is 742. The molecule has 0 amide bonds. The van der Waals surface area contributed by atoms with Crippen LogP contribution in [0.4, 0.5) is 0 Å². The van der Waals surface area contributed by atoms with Crippen LogP contribution in [0.15, 0.2) is 51.8 Å². The number of nitrogens with zero attached hydrogens (tertiary/aromatic N) is 1. The van der Waals surface area contributed by atoms with Crippen molar-refractivity contribution in [1.82, 2.24) is 4.31 Å². The minimum Gasteiger partial charge on any atom is -0.508 e. The molecular formula is C15H16BrNO3S. The fourth-order valence-electron chi connectivity index (χ4n) is 1.90. The van der Waals surface area contributed by atoms with Crippen LogP contribution in [-0.2, 0) is 16.6 Å². The van der Waals surface area contributed by atoms with Gasteiger partial charge in [-0.05, 0) is 48.4 Å². The number of aryl methyl sites for hydroxylation is 1. The molecule has 0 aromatic heterocycles. The van der Waals surface area contributed by atoms with E-state index in [1.54, 1.807) is 49.5 Å². The highest BCUT2D eigenvalue weighted by atomic mass is 79.9. The SMILES string of the molecule is Cc1cc(S(=O)(=O)N(C)Cc2ccc(O)cc2)ccc1Br. The molecule has 0 aliphatic rings. The highest BCUT2D eigenvalue weighted by Gasteiger charge is 2.21. The standard InChI is InChI=1S/C15H16BrNO3S/c1-11-9-14(7-8-15(11)16)21(19,20)17(2)10-12-3-5-13(18)6-4-12/h3-9,18H,10H2,1-2H3. The van der Waals surface area contributed by atoms with Gasteiger partial charge in [0, 0.05) is 18.1 Å². The van der Waals surface area contributed by atoms with Crippen molar-refractivity contribution in [3.8, 4) is 5.75 Å². The topological polar surface area (TPSA) is 57.6 Å². The number of phenols is 1. The summed E-state index contributed by atoms with van der Waals surface area (Å²) in [7, 11) is -2.00. The maximum absolute atomic E-state index is 12.5. The Labute approximate surface area is 133 Å². The summed E-state index contributed by atoms with van der Waals surface area (Å²) in [4.78, 5) is 0.268. The Balaban J connectivity index is 2.25. The van der Waals surface area contributed by atoms with Crippen LogP contribution < -0.4 is 0 Å². The smallest absolute Gasteiger partial charge is 0.243 e. The molecule has 1 N–H and O–H groups in total. The Hall–Kier alpha value is -1.37. The van der Waals surface area contributed by atoms with Crippen LogP contribution in [-0.4, -0.2) is 24.9 Å². The minimum absolute atomic E-state index is 0.160. The highest BCUT2D eigenvalue weighted by molar-refractivity contribution is 9.10. The summed E-state index contributed by atoms with van der Waals surface area (Å²) in [5.41, 5.74) is 1.68. The molecule has 112 valence electrons. The molecule has 0 aliphatic carbocycles. The lowest BCUT2D eigenvalue weighted by atomic mass is 10.2. The second kappa shape index (κ2) is 6.17. The molecule has 4 nitrogen and oxygen atoms in total. The van der Waals surface area contributed by atoms with E-state index in [-0.39, 0.29) is 17.2 Å².